The molecule has 4 nitrogen and oxygen atoms in total. The minimum Gasteiger partial charge on any atom is -0.496 e. The van der Waals surface area contributed by atoms with Crippen LogP contribution in [-0.2, 0) is 7.05 Å². The molecule has 0 aliphatic rings. The predicted molar refractivity (Wildman–Crippen MR) is 66.5 cm³/mol. The van der Waals surface area contributed by atoms with Crippen molar-refractivity contribution in [3.05, 3.63) is 30.0 Å². The maximum Gasteiger partial charge on any atom is 0.128 e. The third-order valence-electron chi connectivity index (χ3n) is 2.81. The molecule has 17 heavy (non-hydrogen) atoms. The highest BCUT2D eigenvalue weighted by Crippen LogP contribution is 2.35. The van der Waals surface area contributed by atoms with Crippen molar-refractivity contribution in [2.75, 3.05) is 14.2 Å². The number of aromatic nitrogens is 2. The van der Waals surface area contributed by atoms with Gasteiger partial charge in [0, 0.05) is 18.8 Å². The molecule has 0 saturated heterocycles. The van der Waals surface area contributed by atoms with Crippen molar-refractivity contribution in [1.29, 1.82) is 0 Å². The van der Waals surface area contributed by atoms with Crippen molar-refractivity contribution >= 4 is 0 Å². The SMILES string of the molecule is COc1cc(-c2ccnn2C)c(OC)cc1C. The fourth-order valence-corrected chi connectivity index (χ4v) is 1.89. The van der Waals surface area contributed by atoms with Gasteiger partial charge in [-0.2, -0.15) is 5.10 Å². The summed E-state index contributed by atoms with van der Waals surface area (Å²) < 4.78 is 12.6. The summed E-state index contributed by atoms with van der Waals surface area (Å²) in [6.45, 7) is 1.99. The zero-order valence-electron chi connectivity index (χ0n) is 10.5. The van der Waals surface area contributed by atoms with Crippen LogP contribution in [0.1, 0.15) is 5.56 Å². The van der Waals surface area contributed by atoms with E-state index >= 15 is 0 Å². The summed E-state index contributed by atoms with van der Waals surface area (Å²) in [5.41, 5.74) is 3.03. The van der Waals surface area contributed by atoms with Gasteiger partial charge < -0.3 is 9.47 Å². The van der Waals surface area contributed by atoms with E-state index in [1.807, 2.05) is 36.9 Å². The van der Waals surface area contributed by atoms with E-state index in [1.54, 1.807) is 20.4 Å². The Morgan fingerprint density at radius 3 is 2.35 bits per heavy atom. The lowest BCUT2D eigenvalue weighted by Crippen LogP contribution is -1.98. The van der Waals surface area contributed by atoms with Gasteiger partial charge in [-0.1, -0.05) is 0 Å². The van der Waals surface area contributed by atoms with Crippen LogP contribution in [0, 0.1) is 6.92 Å². The molecule has 0 spiro atoms. The first kappa shape index (κ1) is 11.5. The van der Waals surface area contributed by atoms with E-state index in [0.29, 0.717) is 0 Å². The molecule has 0 N–H and O–H groups in total. The third-order valence-corrected chi connectivity index (χ3v) is 2.81. The fraction of sp³-hybridized carbons (Fsp3) is 0.308. The molecule has 1 heterocycles. The molecular weight excluding hydrogens is 216 g/mol. The minimum atomic E-state index is 0.826. The lowest BCUT2D eigenvalue weighted by molar-refractivity contribution is 0.401. The number of nitrogens with zero attached hydrogens (tertiary/aromatic N) is 2. The summed E-state index contributed by atoms with van der Waals surface area (Å²) in [5.74, 6) is 1.67. The molecule has 0 bridgehead atoms. The van der Waals surface area contributed by atoms with Crippen LogP contribution >= 0.6 is 0 Å². The molecule has 0 unspecified atom stereocenters. The maximum atomic E-state index is 5.41. The zero-order valence-corrected chi connectivity index (χ0v) is 10.5. The summed E-state index contributed by atoms with van der Waals surface area (Å²) in [6.07, 6.45) is 1.76. The van der Waals surface area contributed by atoms with Gasteiger partial charge in [0.05, 0.1) is 19.9 Å². The lowest BCUT2D eigenvalue weighted by Gasteiger charge is -2.13. The Morgan fingerprint density at radius 1 is 1.12 bits per heavy atom. The normalized spacial score (nSPS) is 10.4. The molecule has 0 saturated carbocycles. The average Bonchev–Trinajstić information content (AvgIpc) is 2.75. The maximum absolute atomic E-state index is 5.41. The number of aryl methyl sites for hydroxylation is 2. The van der Waals surface area contributed by atoms with Crippen molar-refractivity contribution in [3.8, 4) is 22.8 Å². The van der Waals surface area contributed by atoms with Gasteiger partial charge in [-0.05, 0) is 30.7 Å². The summed E-state index contributed by atoms with van der Waals surface area (Å²) in [5, 5.41) is 4.17. The van der Waals surface area contributed by atoms with Crippen molar-refractivity contribution in [2.45, 2.75) is 6.92 Å². The molecule has 0 aliphatic heterocycles. The van der Waals surface area contributed by atoms with Crippen molar-refractivity contribution in [3.63, 3.8) is 0 Å². The van der Waals surface area contributed by atoms with Crippen molar-refractivity contribution < 1.29 is 9.47 Å². The molecule has 0 radical (unpaired) electrons. The first-order valence-corrected chi connectivity index (χ1v) is 5.38. The second kappa shape index (κ2) is 4.49. The number of methoxy groups -OCH3 is 2. The molecule has 2 aromatic rings. The summed E-state index contributed by atoms with van der Waals surface area (Å²) in [7, 11) is 5.24. The van der Waals surface area contributed by atoms with Gasteiger partial charge in [0.1, 0.15) is 11.5 Å². The Balaban J connectivity index is 2.63. The molecule has 0 aliphatic carbocycles. The van der Waals surface area contributed by atoms with Gasteiger partial charge in [0.15, 0.2) is 0 Å². The Hall–Kier alpha value is -1.97. The molecular formula is C13H16N2O2. The van der Waals surface area contributed by atoms with Gasteiger partial charge in [-0.25, -0.2) is 0 Å². The van der Waals surface area contributed by atoms with E-state index in [0.717, 1.165) is 28.3 Å². The molecule has 4 heteroatoms. The highest BCUT2D eigenvalue weighted by Gasteiger charge is 2.12. The second-order valence-corrected chi connectivity index (χ2v) is 3.86. The van der Waals surface area contributed by atoms with Crippen LogP contribution in [0.5, 0.6) is 11.5 Å². The molecule has 90 valence electrons. The summed E-state index contributed by atoms with van der Waals surface area (Å²) in [4.78, 5) is 0. The Labute approximate surface area is 101 Å². The minimum absolute atomic E-state index is 0.826. The van der Waals surface area contributed by atoms with Crippen LogP contribution < -0.4 is 9.47 Å². The summed E-state index contributed by atoms with van der Waals surface area (Å²) in [6, 6.07) is 5.90. The van der Waals surface area contributed by atoms with Gasteiger partial charge in [0.2, 0.25) is 0 Å². The molecule has 2 rings (SSSR count). The number of hydrogen-bond donors (Lipinski definition) is 0. The van der Waals surface area contributed by atoms with Crippen molar-refractivity contribution in [2.24, 2.45) is 7.05 Å². The highest BCUT2D eigenvalue weighted by molar-refractivity contribution is 5.70. The van der Waals surface area contributed by atoms with Gasteiger partial charge in [-0.15, -0.1) is 0 Å². The molecule has 0 fully saturated rings. The second-order valence-electron chi connectivity index (χ2n) is 3.86. The lowest BCUT2D eigenvalue weighted by atomic mass is 10.1. The van der Waals surface area contributed by atoms with Crippen LogP contribution in [0.25, 0.3) is 11.3 Å². The Morgan fingerprint density at radius 2 is 1.82 bits per heavy atom. The first-order chi connectivity index (χ1) is 8.17. The van der Waals surface area contributed by atoms with Crippen LogP contribution in [-0.4, -0.2) is 24.0 Å². The molecule has 0 amide bonds. The fourth-order valence-electron chi connectivity index (χ4n) is 1.89. The van der Waals surface area contributed by atoms with Gasteiger partial charge in [0.25, 0.3) is 0 Å². The molecule has 0 atom stereocenters. The van der Waals surface area contributed by atoms with E-state index in [-0.39, 0.29) is 0 Å². The Kier molecular flexibility index (Phi) is 3.04. The van der Waals surface area contributed by atoms with Crippen LogP contribution in [0.15, 0.2) is 24.4 Å². The number of ether oxygens (including phenoxy) is 2. The molecule has 1 aromatic heterocycles. The van der Waals surface area contributed by atoms with E-state index in [1.165, 1.54) is 0 Å². The molecule has 1 aromatic carbocycles. The van der Waals surface area contributed by atoms with E-state index < -0.39 is 0 Å². The summed E-state index contributed by atoms with van der Waals surface area (Å²) >= 11 is 0. The van der Waals surface area contributed by atoms with E-state index in [9.17, 15) is 0 Å². The third kappa shape index (κ3) is 1.98. The van der Waals surface area contributed by atoms with Gasteiger partial charge >= 0.3 is 0 Å². The topological polar surface area (TPSA) is 36.3 Å². The number of benzene rings is 1. The smallest absolute Gasteiger partial charge is 0.128 e. The van der Waals surface area contributed by atoms with E-state index in [4.69, 9.17) is 9.47 Å². The standard InChI is InChI=1S/C13H16N2O2/c1-9-7-13(17-4)10(8-12(9)16-3)11-5-6-14-15(11)2/h5-8H,1-4H3. The van der Waals surface area contributed by atoms with Crippen molar-refractivity contribution in [1.82, 2.24) is 9.78 Å². The monoisotopic (exact) mass is 232 g/mol. The van der Waals surface area contributed by atoms with E-state index in [2.05, 4.69) is 5.10 Å². The number of hydrogen-bond acceptors (Lipinski definition) is 3. The van der Waals surface area contributed by atoms with Crippen LogP contribution in [0.2, 0.25) is 0 Å². The first-order valence-electron chi connectivity index (χ1n) is 5.38. The Bertz CT molecular complexity index is 532. The van der Waals surface area contributed by atoms with Gasteiger partial charge in [-0.3, -0.25) is 4.68 Å². The van der Waals surface area contributed by atoms with Crippen LogP contribution in [0.4, 0.5) is 0 Å². The predicted octanol–water partition coefficient (Wildman–Crippen LogP) is 2.41. The highest BCUT2D eigenvalue weighted by atomic mass is 16.5. The quantitative estimate of drug-likeness (QED) is 0.815. The largest absolute Gasteiger partial charge is 0.496 e. The average molecular weight is 232 g/mol. The zero-order chi connectivity index (χ0) is 12.4. The number of rotatable bonds is 3. The van der Waals surface area contributed by atoms with Crippen LogP contribution in [0.3, 0.4) is 0 Å².